The van der Waals surface area contributed by atoms with E-state index >= 15 is 0 Å². The average Bonchev–Trinajstić information content (AvgIpc) is 2.34. The average molecular weight is 242 g/mol. The summed E-state index contributed by atoms with van der Waals surface area (Å²) in [7, 11) is 0. The minimum atomic E-state index is -0.446. The Labute approximate surface area is 102 Å². The summed E-state index contributed by atoms with van der Waals surface area (Å²) >= 11 is 0. The second-order valence-corrected chi connectivity index (χ2v) is 3.74. The highest BCUT2D eigenvalue weighted by molar-refractivity contribution is 5.83. The molecule has 17 heavy (non-hydrogen) atoms. The first-order chi connectivity index (χ1) is 8.11. The van der Waals surface area contributed by atoms with E-state index in [1.54, 1.807) is 6.92 Å². The van der Waals surface area contributed by atoms with Crippen molar-refractivity contribution in [3.63, 3.8) is 0 Å². The molecule has 0 bridgehead atoms. The number of ketones is 1. The van der Waals surface area contributed by atoms with Gasteiger partial charge in [-0.3, -0.25) is 4.79 Å². The van der Waals surface area contributed by atoms with Crippen LogP contribution in [-0.2, 0) is 9.53 Å². The van der Waals surface area contributed by atoms with Crippen molar-refractivity contribution in [1.82, 2.24) is 5.32 Å². The number of ether oxygens (including phenoxy) is 1. The van der Waals surface area contributed by atoms with Gasteiger partial charge in [0.05, 0.1) is 6.04 Å². The molecule has 1 unspecified atom stereocenters. The third kappa shape index (κ3) is 8.45. The highest BCUT2D eigenvalue weighted by Gasteiger charge is 2.10. The van der Waals surface area contributed by atoms with Crippen LogP contribution in [0, 0.1) is 0 Å². The highest BCUT2D eigenvalue weighted by Crippen LogP contribution is 2.01. The molecule has 0 aliphatic heterocycles. The van der Waals surface area contributed by atoms with Gasteiger partial charge >= 0.3 is 6.09 Å². The molecule has 0 aliphatic rings. The molecule has 0 saturated carbocycles. The number of hydrogen-bond acceptors (Lipinski definition) is 4. The fraction of sp³-hybridized carbons (Fsp3) is 0.667. The minimum absolute atomic E-state index is 0.0864. The fourth-order valence-electron chi connectivity index (χ4n) is 1.29. The Morgan fingerprint density at radius 1 is 1.47 bits per heavy atom. The first-order valence-electron chi connectivity index (χ1n) is 5.91. The molecule has 3 N–H and O–H groups in total. The zero-order chi connectivity index (χ0) is 13.1. The van der Waals surface area contributed by atoms with Gasteiger partial charge in [-0.2, -0.15) is 0 Å². The van der Waals surface area contributed by atoms with Crippen molar-refractivity contribution in [2.24, 2.45) is 5.73 Å². The van der Waals surface area contributed by atoms with Crippen LogP contribution >= 0.6 is 0 Å². The van der Waals surface area contributed by atoms with Gasteiger partial charge in [0.1, 0.15) is 12.4 Å². The SMILES string of the molecule is C=CCOC(=O)NCCCCC(N)C(=O)CC. The Morgan fingerprint density at radius 2 is 2.18 bits per heavy atom. The van der Waals surface area contributed by atoms with Crippen molar-refractivity contribution >= 4 is 11.9 Å². The molecule has 98 valence electrons. The minimum Gasteiger partial charge on any atom is -0.445 e. The van der Waals surface area contributed by atoms with Crippen LogP contribution in [0.4, 0.5) is 4.79 Å². The Hall–Kier alpha value is -1.36. The van der Waals surface area contributed by atoms with Gasteiger partial charge in [0.2, 0.25) is 0 Å². The lowest BCUT2D eigenvalue weighted by Gasteiger charge is -2.09. The smallest absolute Gasteiger partial charge is 0.407 e. The molecule has 5 nitrogen and oxygen atoms in total. The van der Waals surface area contributed by atoms with E-state index in [2.05, 4.69) is 11.9 Å². The second-order valence-electron chi connectivity index (χ2n) is 3.74. The van der Waals surface area contributed by atoms with E-state index in [9.17, 15) is 9.59 Å². The first kappa shape index (κ1) is 15.6. The summed E-state index contributed by atoms with van der Waals surface area (Å²) in [6.07, 6.45) is 3.81. The van der Waals surface area contributed by atoms with Crippen LogP contribution in [0.2, 0.25) is 0 Å². The molecule has 0 rings (SSSR count). The van der Waals surface area contributed by atoms with Crippen molar-refractivity contribution in [2.75, 3.05) is 13.2 Å². The van der Waals surface area contributed by atoms with Gasteiger partial charge in [-0.1, -0.05) is 19.6 Å². The van der Waals surface area contributed by atoms with Crippen LogP contribution < -0.4 is 11.1 Å². The molecule has 0 spiro atoms. The normalized spacial score (nSPS) is 11.6. The molecule has 0 aliphatic carbocycles. The van der Waals surface area contributed by atoms with E-state index in [1.165, 1.54) is 6.08 Å². The van der Waals surface area contributed by atoms with Crippen LogP contribution in [0.15, 0.2) is 12.7 Å². The third-order valence-electron chi connectivity index (χ3n) is 2.31. The third-order valence-corrected chi connectivity index (χ3v) is 2.31. The molecular weight excluding hydrogens is 220 g/mol. The van der Waals surface area contributed by atoms with Gasteiger partial charge in [-0.25, -0.2) is 4.79 Å². The van der Waals surface area contributed by atoms with Crippen molar-refractivity contribution in [2.45, 2.75) is 38.6 Å². The van der Waals surface area contributed by atoms with Crippen molar-refractivity contribution in [3.8, 4) is 0 Å². The molecule has 0 aromatic rings. The molecule has 0 aromatic heterocycles. The number of amides is 1. The predicted octanol–water partition coefficient (Wildman–Crippen LogP) is 1.38. The van der Waals surface area contributed by atoms with Gasteiger partial charge in [0.15, 0.2) is 0 Å². The summed E-state index contributed by atoms with van der Waals surface area (Å²) < 4.78 is 4.73. The van der Waals surface area contributed by atoms with E-state index in [0.717, 1.165) is 12.8 Å². The maximum absolute atomic E-state index is 11.2. The zero-order valence-corrected chi connectivity index (χ0v) is 10.4. The highest BCUT2D eigenvalue weighted by atomic mass is 16.5. The molecule has 5 heteroatoms. The number of unbranched alkanes of at least 4 members (excludes halogenated alkanes) is 1. The molecule has 0 saturated heterocycles. The molecular formula is C12H22N2O3. The lowest BCUT2D eigenvalue weighted by atomic mass is 10.0. The van der Waals surface area contributed by atoms with Crippen LogP contribution in [0.3, 0.4) is 0 Å². The van der Waals surface area contributed by atoms with Crippen molar-refractivity contribution in [3.05, 3.63) is 12.7 Å². The Bertz CT molecular complexity index is 254. The summed E-state index contributed by atoms with van der Waals surface area (Å²) in [5.41, 5.74) is 5.66. The standard InChI is InChI=1S/C12H22N2O3/c1-3-9-17-12(16)14-8-6-5-7-10(13)11(15)4-2/h3,10H,1,4-9,13H2,2H3,(H,14,16). The second kappa shape index (κ2) is 9.84. The monoisotopic (exact) mass is 242 g/mol. The lowest BCUT2D eigenvalue weighted by Crippen LogP contribution is -2.30. The number of carbonyl (C=O) groups excluding carboxylic acids is 2. The van der Waals surface area contributed by atoms with Gasteiger partial charge < -0.3 is 15.8 Å². The lowest BCUT2D eigenvalue weighted by molar-refractivity contribution is -0.120. The van der Waals surface area contributed by atoms with Crippen molar-refractivity contribution in [1.29, 1.82) is 0 Å². The fourth-order valence-corrected chi connectivity index (χ4v) is 1.29. The van der Waals surface area contributed by atoms with Crippen LogP contribution in [-0.4, -0.2) is 31.1 Å². The summed E-state index contributed by atoms with van der Waals surface area (Å²) in [6, 6.07) is -0.368. The maximum atomic E-state index is 11.2. The van der Waals surface area contributed by atoms with E-state index in [4.69, 9.17) is 10.5 Å². The van der Waals surface area contributed by atoms with Crippen LogP contribution in [0.1, 0.15) is 32.6 Å². The molecule has 0 heterocycles. The number of Topliss-reactive ketones (excluding diaryl/α,β-unsaturated/α-hetero) is 1. The molecule has 1 amide bonds. The molecule has 1 atom stereocenters. The van der Waals surface area contributed by atoms with Crippen LogP contribution in [0.25, 0.3) is 0 Å². The summed E-state index contributed by atoms with van der Waals surface area (Å²) in [5, 5.41) is 2.60. The Balaban J connectivity index is 3.43. The number of nitrogens with two attached hydrogens (primary N) is 1. The summed E-state index contributed by atoms with van der Waals surface area (Å²) in [4.78, 5) is 22.2. The Kier molecular flexibility index (Phi) is 9.05. The van der Waals surface area contributed by atoms with Gasteiger partial charge in [-0.05, 0) is 19.3 Å². The number of rotatable bonds is 9. The van der Waals surface area contributed by atoms with Crippen LogP contribution in [0.5, 0.6) is 0 Å². The number of alkyl carbamates (subject to hydrolysis) is 1. The maximum Gasteiger partial charge on any atom is 0.407 e. The van der Waals surface area contributed by atoms with Crippen molar-refractivity contribution < 1.29 is 14.3 Å². The Morgan fingerprint density at radius 3 is 2.76 bits per heavy atom. The summed E-state index contributed by atoms with van der Waals surface area (Å²) in [6.45, 7) is 5.98. The van der Waals surface area contributed by atoms with Gasteiger partial charge in [-0.15, -0.1) is 0 Å². The van der Waals surface area contributed by atoms with E-state index in [-0.39, 0.29) is 18.4 Å². The largest absolute Gasteiger partial charge is 0.445 e. The van der Waals surface area contributed by atoms with Gasteiger partial charge in [0, 0.05) is 13.0 Å². The number of nitrogens with one attached hydrogen (secondary N) is 1. The zero-order valence-electron chi connectivity index (χ0n) is 10.4. The quantitative estimate of drug-likeness (QED) is 0.472. The van der Waals surface area contributed by atoms with E-state index in [0.29, 0.717) is 19.4 Å². The molecule has 0 fully saturated rings. The first-order valence-corrected chi connectivity index (χ1v) is 5.91. The number of hydrogen-bond donors (Lipinski definition) is 2. The number of carbonyl (C=O) groups is 2. The summed E-state index contributed by atoms with van der Waals surface area (Å²) in [5.74, 6) is 0.0864. The topological polar surface area (TPSA) is 81.4 Å². The molecule has 0 radical (unpaired) electrons. The van der Waals surface area contributed by atoms with E-state index < -0.39 is 6.09 Å². The van der Waals surface area contributed by atoms with Gasteiger partial charge in [0.25, 0.3) is 0 Å². The predicted molar refractivity (Wildman–Crippen MR) is 66.7 cm³/mol. The molecule has 0 aromatic carbocycles. The van der Waals surface area contributed by atoms with E-state index in [1.807, 2.05) is 0 Å².